The van der Waals surface area contributed by atoms with E-state index in [0.29, 0.717) is 11.4 Å². The molecule has 0 fully saturated rings. The zero-order chi connectivity index (χ0) is 15.5. The van der Waals surface area contributed by atoms with Crippen molar-refractivity contribution in [2.24, 2.45) is 0 Å². The van der Waals surface area contributed by atoms with Gasteiger partial charge in [-0.05, 0) is 31.2 Å². The zero-order valence-electron chi connectivity index (χ0n) is 12.5. The maximum Gasteiger partial charge on any atom is 0.244 e. The van der Waals surface area contributed by atoms with Crippen LogP contribution in [0.2, 0.25) is 0 Å². The van der Waals surface area contributed by atoms with Gasteiger partial charge in [0.05, 0.1) is 23.8 Å². The molecule has 1 amide bonds. The van der Waals surface area contributed by atoms with Gasteiger partial charge in [0.1, 0.15) is 18.1 Å². The molecule has 0 radical (unpaired) electrons. The van der Waals surface area contributed by atoms with Crippen LogP contribution in [0.15, 0.2) is 48.5 Å². The van der Waals surface area contributed by atoms with Gasteiger partial charge in [0.25, 0.3) is 0 Å². The fourth-order valence-electron chi connectivity index (χ4n) is 2.48. The third-order valence-corrected chi connectivity index (χ3v) is 3.53. The third kappa shape index (κ3) is 2.65. The lowest BCUT2D eigenvalue weighted by Crippen LogP contribution is -2.19. The molecule has 0 atom stereocenters. The number of aromatic nitrogens is 2. The molecule has 0 aliphatic heterocycles. The molecule has 5 nitrogen and oxygen atoms in total. The van der Waals surface area contributed by atoms with Crippen molar-refractivity contribution < 1.29 is 9.53 Å². The van der Waals surface area contributed by atoms with E-state index in [9.17, 15) is 4.79 Å². The number of imidazole rings is 1. The Morgan fingerprint density at radius 1 is 1.18 bits per heavy atom. The normalized spacial score (nSPS) is 10.6. The van der Waals surface area contributed by atoms with E-state index < -0.39 is 0 Å². The second-order valence-electron chi connectivity index (χ2n) is 4.98. The summed E-state index contributed by atoms with van der Waals surface area (Å²) in [6.07, 6.45) is 0. The summed E-state index contributed by atoms with van der Waals surface area (Å²) in [6, 6.07) is 15.1. The molecule has 0 bridgehead atoms. The Labute approximate surface area is 128 Å². The van der Waals surface area contributed by atoms with Gasteiger partial charge >= 0.3 is 0 Å². The summed E-state index contributed by atoms with van der Waals surface area (Å²) in [6.45, 7) is 2.11. The minimum absolute atomic E-state index is 0.115. The quantitative estimate of drug-likeness (QED) is 0.805. The molecule has 0 saturated carbocycles. The predicted molar refractivity (Wildman–Crippen MR) is 86.1 cm³/mol. The molecule has 3 rings (SSSR count). The number of hydrogen-bond acceptors (Lipinski definition) is 3. The summed E-state index contributed by atoms with van der Waals surface area (Å²) >= 11 is 0. The van der Waals surface area contributed by atoms with E-state index in [-0.39, 0.29) is 12.5 Å². The largest absolute Gasteiger partial charge is 0.495 e. The topological polar surface area (TPSA) is 56.1 Å². The molecule has 0 spiro atoms. The van der Waals surface area contributed by atoms with Gasteiger partial charge in [-0.2, -0.15) is 0 Å². The zero-order valence-corrected chi connectivity index (χ0v) is 12.5. The van der Waals surface area contributed by atoms with E-state index in [0.717, 1.165) is 16.9 Å². The van der Waals surface area contributed by atoms with E-state index in [1.807, 2.05) is 60.0 Å². The van der Waals surface area contributed by atoms with Crippen LogP contribution in [0.1, 0.15) is 5.82 Å². The van der Waals surface area contributed by atoms with Crippen LogP contribution in [-0.2, 0) is 11.3 Å². The molecule has 22 heavy (non-hydrogen) atoms. The summed E-state index contributed by atoms with van der Waals surface area (Å²) < 4.78 is 7.14. The van der Waals surface area contributed by atoms with Gasteiger partial charge in [0.2, 0.25) is 5.91 Å². The first kappa shape index (κ1) is 14.1. The lowest BCUT2D eigenvalue weighted by atomic mass is 10.3. The number of nitrogens with zero attached hydrogens (tertiary/aromatic N) is 2. The van der Waals surface area contributed by atoms with Crippen LogP contribution in [0.5, 0.6) is 5.75 Å². The fraction of sp³-hybridized carbons (Fsp3) is 0.176. The molecule has 0 unspecified atom stereocenters. The number of nitrogens with one attached hydrogen (secondary N) is 1. The van der Waals surface area contributed by atoms with Crippen molar-refractivity contribution in [2.75, 3.05) is 12.4 Å². The number of methoxy groups -OCH3 is 1. The van der Waals surface area contributed by atoms with Crippen molar-refractivity contribution in [2.45, 2.75) is 13.5 Å². The van der Waals surface area contributed by atoms with Crippen molar-refractivity contribution >= 4 is 22.6 Å². The number of anilines is 1. The van der Waals surface area contributed by atoms with Crippen LogP contribution in [-0.4, -0.2) is 22.6 Å². The van der Waals surface area contributed by atoms with E-state index >= 15 is 0 Å². The van der Waals surface area contributed by atoms with Crippen molar-refractivity contribution in [3.05, 3.63) is 54.4 Å². The summed E-state index contributed by atoms with van der Waals surface area (Å²) in [5.74, 6) is 1.34. The molecular weight excluding hydrogens is 278 g/mol. The molecule has 2 aromatic carbocycles. The van der Waals surface area contributed by atoms with Gasteiger partial charge in [-0.15, -0.1) is 0 Å². The van der Waals surface area contributed by atoms with Crippen molar-refractivity contribution in [3.8, 4) is 5.75 Å². The molecule has 0 saturated heterocycles. The minimum Gasteiger partial charge on any atom is -0.495 e. The molecule has 112 valence electrons. The minimum atomic E-state index is -0.115. The van der Waals surface area contributed by atoms with E-state index in [1.54, 1.807) is 7.11 Å². The van der Waals surface area contributed by atoms with Crippen LogP contribution >= 0.6 is 0 Å². The van der Waals surface area contributed by atoms with Crippen molar-refractivity contribution in [1.82, 2.24) is 9.55 Å². The Morgan fingerprint density at radius 3 is 2.73 bits per heavy atom. The lowest BCUT2D eigenvalue weighted by molar-refractivity contribution is -0.116. The number of rotatable bonds is 4. The SMILES string of the molecule is COc1ccccc1NC(=O)Cn1c(C)nc2ccccc21. The van der Waals surface area contributed by atoms with Gasteiger partial charge in [-0.1, -0.05) is 24.3 Å². The number of fused-ring (bicyclic) bond motifs is 1. The highest BCUT2D eigenvalue weighted by molar-refractivity contribution is 5.93. The number of hydrogen-bond donors (Lipinski definition) is 1. The summed E-state index contributed by atoms with van der Waals surface area (Å²) in [4.78, 5) is 16.8. The van der Waals surface area contributed by atoms with Crippen LogP contribution in [0.3, 0.4) is 0 Å². The number of benzene rings is 2. The summed E-state index contributed by atoms with van der Waals surface area (Å²) in [5, 5.41) is 2.88. The highest BCUT2D eigenvalue weighted by atomic mass is 16.5. The van der Waals surface area contributed by atoms with Crippen LogP contribution < -0.4 is 10.1 Å². The van der Waals surface area contributed by atoms with Crippen LogP contribution in [0.25, 0.3) is 11.0 Å². The first-order valence-electron chi connectivity index (χ1n) is 7.04. The monoisotopic (exact) mass is 295 g/mol. The Hall–Kier alpha value is -2.82. The second-order valence-corrected chi connectivity index (χ2v) is 4.98. The smallest absolute Gasteiger partial charge is 0.244 e. The number of amides is 1. The Kier molecular flexibility index (Phi) is 3.78. The molecular formula is C17H17N3O2. The average molecular weight is 295 g/mol. The molecule has 5 heteroatoms. The number of carbonyl (C=O) groups excluding carboxylic acids is 1. The Morgan fingerprint density at radius 2 is 1.91 bits per heavy atom. The Bertz CT molecular complexity index is 824. The highest BCUT2D eigenvalue weighted by Crippen LogP contribution is 2.23. The molecule has 0 aliphatic rings. The first-order valence-corrected chi connectivity index (χ1v) is 7.04. The average Bonchev–Trinajstić information content (AvgIpc) is 2.84. The maximum absolute atomic E-state index is 12.3. The van der Waals surface area contributed by atoms with Gasteiger partial charge in [0, 0.05) is 0 Å². The summed E-state index contributed by atoms with van der Waals surface area (Å²) in [7, 11) is 1.58. The standard InChI is InChI=1S/C17H17N3O2/c1-12-18-13-7-3-5-9-15(13)20(12)11-17(21)19-14-8-4-6-10-16(14)22-2/h3-10H,11H2,1-2H3,(H,19,21). The molecule has 0 aliphatic carbocycles. The van der Waals surface area contributed by atoms with Crippen LogP contribution in [0.4, 0.5) is 5.69 Å². The Balaban J connectivity index is 1.83. The van der Waals surface area contributed by atoms with Crippen molar-refractivity contribution in [1.29, 1.82) is 0 Å². The van der Waals surface area contributed by atoms with Gasteiger partial charge < -0.3 is 14.6 Å². The lowest BCUT2D eigenvalue weighted by Gasteiger charge is -2.11. The highest BCUT2D eigenvalue weighted by Gasteiger charge is 2.12. The number of ether oxygens (including phenoxy) is 1. The maximum atomic E-state index is 12.3. The van der Waals surface area contributed by atoms with Gasteiger partial charge in [0.15, 0.2) is 0 Å². The number of aryl methyl sites for hydroxylation is 1. The van der Waals surface area contributed by atoms with Crippen molar-refractivity contribution in [3.63, 3.8) is 0 Å². The van der Waals surface area contributed by atoms with Gasteiger partial charge in [-0.3, -0.25) is 4.79 Å². The van der Waals surface area contributed by atoms with E-state index in [2.05, 4.69) is 10.3 Å². The van der Waals surface area contributed by atoms with Gasteiger partial charge in [-0.25, -0.2) is 4.98 Å². The molecule has 3 aromatic rings. The third-order valence-electron chi connectivity index (χ3n) is 3.53. The molecule has 1 aromatic heterocycles. The van der Waals surface area contributed by atoms with Crippen LogP contribution in [0, 0.1) is 6.92 Å². The van der Waals surface area contributed by atoms with E-state index in [1.165, 1.54) is 0 Å². The number of carbonyl (C=O) groups is 1. The fourth-order valence-corrected chi connectivity index (χ4v) is 2.48. The summed E-state index contributed by atoms with van der Waals surface area (Å²) in [5.41, 5.74) is 2.51. The number of para-hydroxylation sites is 4. The second kappa shape index (κ2) is 5.89. The molecule has 1 N–H and O–H groups in total. The molecule has 1 heterocycles. The van der Waals surface area contributed by atoms with E-state index in [4.69, 9.17) is 4.74 Å². The predicted octanol–water partition coefficient (Wildman–Crippen LogP) is 2.99. The first-order chi connectivity index (χ1) is 10.7.